The molecular formula is C22H17BrO5. The Balaban J connectivity index is 1.67. The first-order valence-corrected chi connectivity index (χ1v) is 9.53. The van der Waals surface area contributed by atoms with E-state index in [-0.39, 0.29) is 12.4 Å². The third-order valence-electron chi connectivity index (χ3n) is 4.96. The molecule has 6 heteroatoms. The highest BCUT2D eigenvalue weighted by Crippen LogP contribution is 2.29. The molecular weight excluding hydrogens is 424 g/mol. The minimum atomic E-state index is -0.574. The first-order chi connectivity index (χ1) is 13.3. The molecule has 0 aliphatic carbocycles. The molecule has 0 radical (unpaired) electrons. The van der Waals surface area contributed by atoms with Crippen molar-refractivity contribution in [2.24, 2.45) is 0 Å². The summed E-state index contributed by atoms with van der Waals surface area (Å²) < 4.78 is 17.4. The van der Waals surface area contributed by atoms with Gasteiger partial charge < -0.3 is 13.6 Å². The Hall–Kier alpha value is -2.86. The Bertz CT molecular complexity index is 1300. The molecule has 0 saturated carbocycles. The first-order valence-electron chi connectivity index (χ1n) is 8.74. The van der Waals surface area contributed by atoms with Crippen molar-refractivity contribution in [3.63, 3.8) is 0 Å². The predicted octanol–water partition coefficient (Wildman–Crippen LogP) is 5.58. The van der Waals surface area contributed by atoms with Crippen LogP contribution in [-0.2, 0) is 11.3 Å². The number of fused-ring (bicyclic) bond motifs is 2. The average molecular weight is 441 g/mol. The maximum atomic E-state index is 12.6. The van der Waals surface area contributed by atoms with Crippen LogP contribution in [0.2, 0.25) is 0 Å². The van der Waals surface area contributed by atoms with Crippen molar-refractivity contribution in [3.8, 4) is 0 Å². The number of halogens is 1. The summed E-state index contributed by atoms with van der Waals surface area (Å²) in [7, 11) is 0. The lowest BCUT2D eigenvalue weighted by Crippen LogP contribution is -2.08. The van der Waals surface area contributed by atoms with Crippen LogP contribution in [0, 0.1) is 20.8 Å². The van der Waals surface area contributed by atoms with Gasteiger partial charge in [0.1, 0.15) is 17.8 Å². The number of hydrogen-bond acceptors (Lipinski definition) is 5. The number of hydrogen-bond donors (Lipinski definition) is 0. The number of aryl methyl sites for hydroxylation is 3. The van der Waals surface area contributed by atoms with Crippen LogP contribution in [0.25, 0.3) is 21.9 Å². The molecule has 0 fully saturated rings. The van der Waals surface area contributed by atoms with Crippen molar-refractivity contribution in [1.82, 2.24) is 0 Å². The summed E-state index contributed by atoms with van der Waals surface area (Å²) in [5.74, 6) is -0.414. The van der Waals surface area contributed by atoms with Crippen molar-refractivity contribution in [2.75, 3.05) is 0 Å². The summed E-state index contributed by atoms with van der Waals surface area (Å²) >= 11 is 3.42. The summed E-state index contributed by atoms with van der Waals surface area (Å²) in [5.41, 5.74) is 3.88. The zero-order chi connectivity index (χ0) is 20.0. The molecule has 28 heavy (non-hydrogen) atoms. The van der Waals surface area contributed by atoms with E-state index in [0.29, 0.717) is 22.3 Å². The maximum Gasteiger partial charge on any atom is 0.374 e. The van der Waals surface area contributed by atoms with Crippen molar-refractivity contribution in [2.45, 2.75) is 27.4 Å². The van der Waals surface area contributed by atoms with Crippen LogP contribution in [-0.4, -0.2) is 5.97 Å². The highest BCUT2D eigenvalue weighted by atomic mass is 79.9. The molecule has 0 atom stereocenters. The van der Waals surface area contributed by atoms with Gasteiger partial charge in [-0.05, 0) is 50.1 Å². The molecule has 0 bridgehead atoms. The zero-order valence-electron chi connectivity index (χ0n) is 15.6. The second-order valence-electron chi connectivity index (χ2n) is 6.75. The molecule has 2 aromatic heterocycles. The van der Waals surface area contributed by atoms with Gasteiger partial charge in [0.2, 0.25) is 5.76 Å². The second kappa shape index (κ2) is 6.95. The summed E-state index contributed by atoms with van der Waals surface area (Å²) in [4.78, 5) is 24.6. The lowest BCUT2D eigenvalue weighted by atomic mass is 10.0. The Morgan fingerprint density at radius 2 is 1.79 bits per heavy atom. The number of furan rings is 1. The lowest BCUT2D eigenvalue weighted by Gasteiger charge is -2.09. The largest absolute Gasteiger partial charge is 0.455 e. The molecule has 4 rings (SSSR count). The Labute approximate surface area is 169 Å². The standard InChI is InChI=1S/C22H17BrO5/c1-11-4-6-16-14(8-19(24)28-20(16)12(11)2)10-26-22(25)21-13(3)17-9-15(23)5-7-18(17)27-21/h4-9H,10H2,1-3H3. The number of esters is 1. The number of rotatable bonds is 3. The first kappa shape index (κ1) is 18.5. The van der Waals surface area contributed by atoms with Crippen molar-refractivity contribution < 1.29 is 18.4 Å². The molecule has 142 valence electrons. The SMILES string of the molecule is Cc1ccc2c(COC(=O)c3oc4ccc(Br)cc4c3C)cc(=O)oc2c1C. The van der Waals surface area contributed by atoms with Gasteiger partial charge in [0.15, 0.2) is 0 Å². The fraction of sp³-hybridized carbons (Fsp3) is 0.182. The van der Waals surface area contributed by atoms with E-state index < -0.39 is 11.6 Å². The lowest BCUT2D eigenvalue weighted by molar-refractivity contribution is 0.0438. The van der Waals surface area contributed by atoms with Gasteiger partial charge in [0.25, 0.3) is 0 Å². The van der Waals surface area contributed by atoms with E-state index in [4.69, 9.17) is 13.6 Å². The number of benzene rings is 2. The second-order valence-corrected chi connectivity index (χ2v) is 7.66. The number of ether oxygens (including phenoxy) is 1. The molecule has 0 saturated heterocycles. The highest BCUT2D eigenvalue weighted by Gasteiger charge is 2.20. The van der Waals surface area contributed by atoms with Crippen molar-refractivity contribution >= 4 is 43.8 Å². The van der Waals surface area contributed by atoms with Crippen LogP contribution in [0.4, 0.5) is 0 Å². The van der Waals surface area contributed by atoms with Crippen LogP contribution in [0.15, 0.2) is 54.5 Å². The van der Waals surface area contributed by atoms with Crippen LogP contribution in [0.1, 0.15) is 32.8 Å². The quantitative estimate of drug-likeness (QED) is 0.307. The molecule has 0 N–H and O–H groups in total. The van der Waals surface area contributed by atoms with E-state index in [1.165, 1.54) is 6.07 Å². The van der Waals surface area contributed by atoms with Gasteiger partial charge in [-0.1, -0.05) is 28.1 Å². The van der Waals surface area contributed by atoms with E-state index in [2.05, 4.69) is 15.9 Å². The zero-order valence-corrected chi connectivity index (χ0v) is 17.2. The molecule has 5 nitrogen and oxygen atoms in total. The van der Waals surface area contributed by atoms with Gasteiger partial charge in [-0.3, -0.25) is 0 Å². The van der Waals surface area contributed by atoms with Gasteiger partial charge in [-0.25, -0.2) is 9.59 Å². The minimum Gasteiger partial charge on any atom is -0.455 e. The van der Waals surface area contributed by atoms with Gasteiger partial charge in [0, 0.05) is 32.4 Å². The Morgan fingerprint density at radius 1 is 1.00 bits per heavy atom. The van der Waals surface area contributed by atoms with Crippen molar-refractivity contribution in [3.05, 3.63) is 79.3 Å². The van der Waals surface area contributed by atoms with E-state index in [1.807, 2.05) is 45.0 Å². The Morgan fingerprint density at radius 3 is 2.57 bits per heavy atom. The van der Waals surface area contributed by atoms with Crippen LogP contribution >= 0.6 is 15.9 Å². The number of carbonyl (C=O) groups is 1. The molecule has 0 unspecified atom stereocenters. The fourth-order valence-corrected chi connectivity index (χ4v) is 3.60. The molecule has 0 amide bonds. The van der Waals surface area contributed by atoms with Gasteiger partial charge in [-0.2, -0.15) is 0 Å². The summed E-state index contributed by atoms with van der Waals surface area (Å²) in [5, 5.41) is 1.60. The molecule has 2 aromatic carbocycles. The van der Waals surface area contributed by atoms with E-state index in [0.717, 1.165) is 26.4 Å². The smallest absolute Gasteiger partial charge is 0.374 e. The maximum absolute atomic E-state index is 12.6. The van der Waals surface area contributed by atoms with Crippen LogP contribution in [0.5, 0.6) is 0 Å². The van der Waals surface area contributed by atoms with E-state index in [9.17, 15) is 9.59 Å². The highest BCUT2D eigenvalue weighted by molar-refractivity contribution is 9.10. The minimum absolute atomic E-state index is 0.0520. The predicted molar refractivity (Wildman–Crippen MR) is 110 cm³/mol. The fourth-order valence-electron chi connectivity index (χ4n) is 3.24. The normalized spacial score (nSPS) is 11.3. The molecule has 2 heterocycles. The van der Waals surface area contributed by atoms with Crippen LogP contribution < -0.4 is 5.63 Å². The van der Waals surface area contributed by atoms with E-state index >= 15 is 0 Å². The van der Waals surface area contributed by atoms with Gasteiger partial charge in [-0.15, -0.1) is 0 Å². The van der Waals surface area contributed by atoms with E-state index in [1.54, 1.807) is 6.07 Å². The summed E-state index contributed by atoms with van der Waals surface area (Å²) in [6, 6.07) is 10.7. The monoisotopic (exact) mass is 440 g/mol. The summed E-state index contributed by atoms with van der Waals surface area (Å²) in [6.45, 7) is 5.60. The third-order valence-corrected chi connectivity index (χ3v) is 5.45. The molecule has 0 aliphatic rings. The molecule has 0 aliphatic heterocycles. The third kappa shape index (κ3) is 3.14. The molecule has 4 aromatic rings. The molecule has 0 spiro atoms. The van der Waals surface area contributed by atoms with Gasteiger partial charge >= 0.3 is 11.6 Å². The Kier molecular flexibility index (Phi) is 4.59. The number of carbonyl (C=O) groups excluding carboxylic acids is 1. The summed E-state index contributed by atoms with van der Waals surface area (Å²) in [6.07, 6.45) is 0. The van der Waals surface area contributed by atoms with Crippen LogP contribution in [0.3, 0.4) is 0 Å². The van der Waals surface area contributed by atoms with Crippen molar-refractivity contribution in [1.29, 1.82) is 0 Å². The topological polar surface area (TPSA) is 69.7 Å². The van der Waals surface area contributed by atoms with Gasteiger partial charge in [0.05, 0.1) is 0 Å². The average Bonchev–Trinajstić information content (AvgIpc) is 2.99.